The average molecular weight is 276 g/mol. The second-order valence-corrected chi connectivity index (χ2v) is 4.89. The first-order chi connectivity index (χ1) is 9.74. The zero-order chi connectivity index (χ0) is 13.9. The Balaban J connectivity index is 1.79. The number of nitrogen functional groups attached to an aromatic ring is 1. The molecule has 1 fully saturated rings. The van der Waals surface area contributed by atoms with E-state index in [0.717, 1.165) is 24.2 Å². The molecule has 0 saturated carbocycles. The first kappa shape index (κ1) is 13.1. The van der Waals surface area contributed by atoms with E-state index in [1.807, 2.05) is 12.1 Å². The third-order valence-corrected chi connectivity index (χ3v) is 3.53. The van der Waals surface area contributed by atoms with E-state index in [0.29, 0.717) is 31.1 Å². The number of morpholine rings is 1. The lowest BCUT2D eigenvalue weighted by molar-refractivity contribution is 0.0337. The number of rotatable bonds is 3. The molecule has 0 spiro atoms. The quantitative estimate of drug-likeness (QED) is 0.894. The fourth-order valence-electron chi connectivity index (χ4n) is 2.37. The molecule has 2 heterocycles. The van der Waals surface area contributed by atoms with Crippen LogP contribution in [0.3, 0.4) is 0 Å². The van der Waals surface area contributed by atoms with E-state index in [-0.39, 0.29) is 5.82 Å². The van der Waals surface area contributed by atoms with Crippen molar-refractivity contribution < 1.29 is 9.13 Å². The minimum absolute atomic E-state index is 0.213. The molecule has 0 aliphatic carbocycles. The summed E-state index contributed by atoms with van der Waals surface area (Å²) in [6, 6.07) is 5.20. The number of nitrogens with one attached hydrogen (secondary N) is 1. The van der Waals surface area contributed by atoms with E-state index < -0.39 is 0 Å². The lowest BCUT2D eigenvalue weighted by Gasteiger charge is -2.26. The molecule has 0 amide bonds. The highest BCUT2D eigenvalue weighted by Gasteiger charge is 2.14. The second kappa shape index (κ2) is 5.60. The fourth-order valence-corrected chi connectivity index (χ4v) is 2.37. The maximum atomic E-state index is 14.2. The Morgan fingerprint density at radius 2 is 2.15 bits per heavy atom. The predicted molar refractivity (Wildman–Crippen MR) is 74.5 cm³/mol. The largest absolute Gasteiger partial charge is 0.384 e. The van der Waals surface area contributed by atoms with Gasteiger partial charge in [-0.25, -0.2) is 4.39 Å². The summed E-state index contributed by atoms with van der Waals surface area (Å²) in [6.45, 7) is 3.72. The third kappa shape index (κ3) is 2.66. The Morgan fingerprint density at radius 3 is 2.80 bits per heavy atom. The second-order valence-electron chi connectivity index (χ2n) is 4.89. The first-order valence-corrected chi connectivity index (χ1v) is 6.62. The average Bonchev–Trinajstić information content (AvgIpc) is 2.88. The smallest absolute Gasteiger partial charge is 0.128 e. The van der Waals surface area contributed by atoms with Crippen molar-refractivity contribution in [1.29, 1.82) is 0 Å². The molecule has 0 bridgehead atoms. The summed E-state index contributed by atoms with van der Waals surface area (Å²) >= 11 is 0. The van der Waals surface area contributed by atoms with Crippen LogP contribution in [0, 0.1) is 5.82 Å². The number of nitrogens with two attached hydrogens (primary N) is 1. The van der Waals surface area contributed by atoms with Crippen LogP contribution in [0.2, 0.25) is 0 Å². The van der Waals surface area contributed by atoms with Crippen LogP contribution in [0.4, 0.5) is 10.2 Å². The molecule has 3 N–H and O–H groups in total. The molecule has 1 aromatic carbocycles. The number of anilines is 1. The van der Waals surface area contributed by atoms with Gasteiger partial charge in [0.2, 0.25) is 0 Å². The fraction of sp³-hybridized carbons (Fsp3) is 0.357. The van der Waals surface area contributed by atoms with Gasteiger partial charge in [0.05, 0.1) is 19.4 Å². The number of aromatic amines is 1. The molecule has 0 unspecified atom stereocenters. The molecule has 1 aliphatic rings. The molecule has 1 saturated heterocycles. The molecule has 1 aromatic heterocycles. The lowest BCUT2D eigenvalue weighted by Crippen LogP contribution is -2.35. The minimum atomic E-state index is -0.213. The Labute approximate surface area is 116 Å². The Morgan fingerprint density at radius 1 is 1.35 bits per heavy atom. The molecule has 0 atom stereocenters. The van der Waals surface area contributed by atoms with Gasteiger partial charge in [0, 0.05) is 30.8 Å². The minimum Gasteiger partial charge on any atom is -0.384 e. The van der Waals surface area contributed by atoms with Crippen LogP contribution in [0.5, 0.6) is 0 Å². The van der Waals surface area contributed by atoms with Gasteiger partial charge >= 0.3 is 0 Å². The zero-order valence-electron chi connectivity index (χ0n) is 11.1. The highest BCUT2D eigenvalue weighted by molar-refractivity contribution is 5.73. The SMILES string of the molecule is Nc1[nH]ncc1-c1ccc(CN2CCOCC2)c(F)c1. The summed E-state index contributed by atoms with van der Waals surface area (Å²) in [5.41, 5.74) is 7.90. The van der Waals surface area contributed by atoms with Crippen molar-refractivity contribution >= 4 is 5.82 Å². The van der Waals surface area contributed by atoms with Crippen molar-refractivity contribution in [3.8, 4) is 11.1 Å². The first-order valence-electron chi connectivity index (χ1n) is 6.62. The summed E-state index contributed by atoms with van der Waals surface area (Å²) in [6.07, 6.45) is 1.60. The number of nitrogens with zero attached hydrogens (tertiary/aromatic N) is 2. The number of H-pyrrole nitrogens is 1. The third-order valence-electron chi connectivity index (χ3n) is 3.53. The highest BCUT2D eigenvalue weighted by atomic mass is 19.1. The van der Waals surface area contributed by atoms with Crippen LogP contribution in [-0.4, -0.2) is 41.4 Å². The van der Waals surface area contributed by atoms with Crippen LogP contribution in [0.15, 0.2) is 24.4 Å². The Kier molecular flexibility index (Phi) is 3.66. The van der Waals surface area contributed by atoms with E-state index in [1.165, 1.54) is 6.07 Å². The maximum Gasteiger partial charge on any atom is 0.128 e. The molecule has 106 valence electrons. The van der Waals surface area contributed by atoms with Crippen molar-refractivity contribution in [3.05, 3.63) is 35.8 Å². The molecule has 2 aromatic rings. The van der Waals surface area contributed by atoms with Crippen LogP contribution in [0.25, 0.3) is 11.1 Å². The van der Waals surface area contributed by atoms with Crippen molar-refractivity contribution in [1.82, 2.24) is 15.1 Å². The van der Waals surface area contributed by atoms with Gasteiger partial charge in [0.15, 0.2) is 0 Å². The van der Waals surface area contributed by atoms with Crippen LogP contribution in [0.1, 0.15) is 5.56 Å². The van der Waals surface area contributed by atoms with Gasteiger partial charge in [-0.2, -0.15) is 5.10 Å². The summed E-state index contributed by atoms with van der Waals surface area (Å²) in [4.78, 5) is 2.19. The van der Waals surface area contributed by atoms with Gasteiger partial charge < -0.3 is 10.5 Å². The monoisotopic (exact) mass is 276 g/mol. The maximum absolute atomic E-state index is 14.2. The molecule has 0 radical (unpaired) electrons. The lowest BCUT2D eigenvalue weighted by atomic mass is 10.1. The number of halogens is 1. The molecule has 3 rings (SSSR count). The summed E-state index contributed by atoms with van der Waals surface area (Å²) < 4.78 is 19.5. The summed E-state index contributed by atoms with van der Waals surface area (Å²) in [7, 11) is 0. The normalized spacial score (nSPS) is 16.4. The van der Waals surface area contributed by atoms with Crippen LogP contribution >= 0.6 is 0 Å². The van der Waals surface area contributed by atoms with Gasteiger partial charge in [0.1, 0.15) is 11.6 Å². The standard InChI is InChI=1S/C14H17FN4O/c15-13-7-10(12-8-17-18-14(12)16)1-2-11(13)9-19-3-5-20-6-4-19/h1-2,7-8H,3-6,9H2,(H3,16,17,18). The van der Waals surface area contributed by atoms with Crippen LogP contribution in [-0.2, 0) is 11.3 Å². The number of benzene rings is 1. The van der Waals surface area contributed by atoms with E-state index in [2.05, 4.69) is 15.1 Å². The molecule has 20 heavy (non-hydrogen) atoms. The van der Waals surface area contributed by atoms with E-state index in [9.17, 15) is 4.39 Å². The van der Waals surface area contributed by atoms with E-state index in [1.54, 1.807) is 6.20 Å². The number of aromatic nitrogens is 2. The van der Waals surface area contributed by atoms with Crippen molar-refractivity contribution in [2.45, 2.75) is 6.54 Å². The number of hydrogen-bond acceptors (Lipinski definition) is 4. The van der Waals surface area contributed by atoms with E-state index >= 15 is 0 Å². The predicted octanol–water partition coefficient (Wildman–Crippen LogP) is 1.63. The molecular weight excluding hydrogens is 259 g/mol. The van der Waals surface area contributed by atoms with Gasteiger partial charge in [0.25, 0.3) is 0 Å². The van der Waals surface area contributed by atoms with Gasteiger partial charge in [-0.3, -0.25) is 10.00 Å². The zero-order valence-corrected chi connectivity index (χ0v) is 11.1. The molecule has 5 nitrogen and oxygen atoms in total. The summed E-state index contributed by atoms with van der Waals surface area (Å²) in [5.74, 6) is 0.236. The van der Waals surface area contributed by atoms with Gasteiger partial charge in [-0.15, -0.1) is 0 Å². The molecular formula is C14H17FN4O. The summed E-state index contributed by atoms with van der Waals surface area (Å²) in [5, 5.41) is 6.50. The highest BCUT2D eigenvalue weighted by Crippen LogP contribution is 2.25. The topological polar surface area (TPSA) is 67.2 Å². The van der Waals surface area contributed by atoms with Crippen molar-refractivity contribution in [2.75, 3.05) is 32.0 Å². The van der Waals surface area contributed by atoms with Gasteiger partial charge in [-0.1, -0.05) is 12.1 Å². The number of hydrogen-bond donors (Lipinski definition) is 2. The van der Waals surface area contributed by atoms with Crippen molar-refractivity contribution in [3.63, 3.8) is 0 Å². The number of ether oxygens (including phenoxy) is 1. The van der Waals surface area contributed by atoms with Crippen LogP contribution < -0.4 is 5.73 Å². The Bertz CT molecular complexity index is 593. The van der Waals surface area contributed by atoms with E-state index in [4.69, 9.17) is 10.5 Å². The molecule has 6 heteroatoms. The van der Waals surface area contributed by atoms with Crippen molar-refractivity contribution in [2.24, 2.45) is 0 Å². The Hall–Kier alpha value is -1.92. The van der Waals surface area contributed by atoms with Gasteiger partial charge in [-0.05, 0) is 11.6 Å². The molecule has 1 aliphatic heterocycles.